The molecule has 0 saturated heterocycles. The van der Waals surface area contributed by atoms with Gasteiger partial charge in [-0.15, -0.1) is 0 Å². The minimum atomic E-state index is -0.427. The van der Waals surface area contributed by atoms with Crippen LogP contribution in [0.3, 0.4) is 0 Å². The van der Waals surface area contributed by atoms with Crippen molar-refractivity contribution in [2.45, 2.75) is 19.3 Å². The first-order chi connectivity index (χ1) is 6.25. The first-order valence-corrected chi connectivity index (χ1v) is 4.17. The van der Waals surface area contributed by atoms with E-state index in [2.05, 4.69) is 15.6 Å². The predicted molar refractivity (Wildman–Crippen MR) is 44.6 cm³/mol. The zero-order valence-corrected chi connectivity index (χ0v) is 6.99. The maximum absolute atomic E-state index is 11.2. The van der Waals surface area contributed by atoms with Crippen molar-refractivity contribution in [1.29, 1.82) is 0 Å². The third-order valence-corrected chi connectivity index (χ3v) is 1.97. The van der Waals surface area contributed by atoms with Crippen LogP contribution in [0.25, 0.3) is 0 Å². The molecule has 1 aliphatic carbocycles. The molecule has 0 atom stereocenters. The Balaban J connectivity index is 1.93. The van der Waals surface area contributed by atoms with Crippen LogP contribution in [-0.2, 0) is 4.79 Å². The van der Waals surface area contributed by atoms with Crippen LogP contribution in [-0.4, -0.2) is 20.8 Å². The van der Waals surface area contributed by atoms with Crippen LogP contribution in [0.2, 0.25) is 0 Å². The topological polar surface area (TPSA) is 79.8 Å². The Hall–Kier alpha value is -1.59. The standard InChI is InChI=1S/C7H10N4O2/c12-6(3-5-1-2-5)10-11-4-8-9-7(11)13/h4-5H,1-3H2,(H,9,13)(H,10,12). The van der Waals surface area contributed by atoms with Gasteiger partial charge in [-0.05, 0) is 18.8 Å². The van der Waals surface area contributed by atoms with E-state index in [1.54, 1.807) is 0 Å². The van der Waals surface area contributed by atoms with Gasteiger partial charge in [0.05, 0.1) is 0 Å². The van der Waals surface area contributed by atoms with Crippen LogP contribution in [0.5, 0.6) is 0 Å². The molecule has 13 heavy (non-hydrogen) atoms. The first kappa shape index (κ1) is 8.03. The lowest BCUT2D eigenvalue weighted by Crippen LogP contribution is -2.30. The maximum Gasteiger partial charge on any atom is 0.362 e. The number of nitrogens with zero attached hydrogens (tertiary/aromatic N) is 2. The van der Waals surface area contributed by atoms with Crippen LogP contribution in [0.15, 0.2) is 11.1 Å². The number of carbonyl (C=O) groups is 1. The summed E-state index contributed by atoms with van der Waals surface area (Å²) in [5.41, 5.74) is 2.01. The van der Waals surface area contributed by atoms with Gasteiger partial charge in [-0.25, -0.2) is 9.89 Å². The van der Waals surface area contributed by atoms with E-state index < -0.39 is 5.69 Å². The molecular weight excluding hydrogens is 172 g/mol. The fourth-order valence-corrected chi connectivity index (χ4v) is 1.09. The molecule has 70 valence electrons. The molecule has 0 aliphatic heterocycles. The van der Waals surface area contributed by atoms with Gasteiger partial charge in [-0.1, -0.05) is 0 Å². The molecule has 2 rings (SSSR count). The third-order valence-electron chi connectivity index (χ3n) is 1.97. The Bertz CT molecular complexity index is 363. The third kappa shape index (κ3) is 1.95. The van der Waals surface area contributed by atoms with Crippen molar-refractivity contribution in [3.63, 3.8) is 0 Å². The Morgan fingerprint density at radius 1 is 1.77 bits per heavy atom. The minimum absolute atomic E-state index is 0.133. The van der Waals surface area contributed by atoms with Crippen molar-refractivity contribution in [1.82, 2.24) is 14.9 Å². The van der Waals surface area contributed by atoms with Crippen LogP contribution in [0, 0.1) is 5.92 Å². The molecule has 6 nitrogen and oxygen atoms in total. The molecule has 0 aromatic carbocycles. The molecule has 0 bridgehead atoms. The van der Waals surface area contributed by atoms with E-state index in [1.807, 2.05) is 0 Å². The van der Waals surface area contributed by atoms with E-state index in [9.17, 15) is 9.59 Å². The molecule has 2 N–H and O–H groups in total. The molecule has 1 heterocycles. The monoisotopic (exact) mass is 182 g/mol. The van der Waals surface area contributed by atoms with Crippen molar-refractivity contribution in [2.75, 3.05) is 5.43 Å². The molecule has 6 heteroatoms. The van der Waals surface area contributed by atoms with E-state index >= 15 is 0 Å². The van der Waals surface area contributed by atoms with Gasteiger partial charge >= 0.3 is 5.69 Å². The summed E-state index contributed by atoms with van der Waals surface area (Å²) in [6, 6.07) is 0. The van der Waals surface area contributed by atoms with Gasteiger partial charge in [-0.3, -0.25) is 10.2 Å². The van der Waals surface area contributed by atoms with Crippen molar-refractivity contribution >= 4 is 5.91 Å². The lowest BCUT2D eigenvalue weighted by molar-refractivity contribution is -0.117. The number of H-pyrrole nitrogens is 1. The minimum Gasteiger partial charge on any atom is -0.273 e. The normalized spacial score (nSPS) is 15.7. The molecule has 1 aliphatic rings. The van der Waals surface area contributed by atoms with Gasteiger partial charge in [-0.2, -0.15) is 9.77 Å². The van der Waals surface area contributed by atoms with Gasteiger partial charge in [0.2, 0.25) is 5.91 Å². The smallest absolute Gasteiger partial charge is 0.273 e. The van der Waals surface area contributed by atoms with Gasteiger partial charge in [0, 0.05) is 6.42 Å². The summed E-state index contributed by atoms with van der Waals surface area (Å²) in [4.78, 5) is 22.1. The van der Waals surface area contributed by atoms with Crippen molar-refractivity contribution in [3.05, 3.63) is 16.8 Å². The zero-order valence-electron chi connectivity index (χ0n) is 6.99. The molecule has 0 unspecified atom stereocenters. The molecule has 1 aromatic rings. The molecule has 0 radical (unpaired) electrons. The Labute approximate surface area is 73.9 Å². The Morgan fingerprint density at radius 2 is 2.54 bits per heavy atom. The van der Waals surface area contributed by atoms with Crippen molar-refractivity contribution in [3.8, 4) is 0 Å². The molecular formula is C7H10N4O2. The number of nitrogens with one attached hydrogen (secondary N) is 2. The predicted octanol–water partition coefficient (Wildman–Crippen LogP) is -0.558. The van der Waals surface area contributed by atoms with Crippen molar-refractivity contribution in [2.24, 2.45) is 5.92 Å². The van der Waals surface area contributed by atoms with E-state index in [-0.39, 0.29) is 5.91 Å². The highest BCUT2D eigenvalue weighted by Crippen LogP contribution is 2.32. The van der Waals surface area contributed by atoms with Crippen LogP contribution >= 0.6 is 0 Å². The fourth-order valence-electron chi connectivity index (χ4n) is 1.09. The summed E-state index contributed by atoms with van der Waals surface area (Å²) >= 11 is 0. The summed E-state index contributed by atoms with van der Waals surface area (Å²) in [7, 11) is 0. The molecule has 1 saturated carbocycles. The number of hydrogen-bond donors (Lipinski definition) is 2. The largest absolute Gasteiger partial charge is 0.362 e. The fraction of sp³-hybridized carbons (Fsp3) is 0.571. The number of rotatable bonds is 3. The number of aromatic amines is 1. The second-order valence-electron chi connectivity index (χ2n) is 3.21. The SMILES string of the molecule is O=C(CC1CC1)Nn1cn[nH]c1=O. The lowest BCUT2D eigenvalue weighted by Gasteiger charge is -2.01. The van der Waals surface area contributed by atoms with Gasteiger partial charge in [0.15, 0.2) is 0 Å². The van der Waals surface area contributed by atoms with Crippen molar-refractivity contribution < 1.29 is 4.79 Å². The summed E-state index contributed by atoms with van der Waals surface area (Å²) in [6.07, 6.45) is 3.98. The lowest BCUT2D eigenvalue weighted by atomic mass is 10.3. The van der Waals surface area contributed by atoms with Gasteiger partial charge < -0.3 is 0 Å². The number of hydrogen-bond acceptors (Lipinski definition) is 3. The summed E-state index contributed by atoms with van der Waals surface area (Å²) in [5, 5.41) is 5.67. The second-order valence-corrected chi connectivity index (χ2v) is 3.21. The highest BCUT2D eigenvalue weighted by atomic mass is 16.2. The average molecular weight is 182 g/mol. The van der Waals surface area contributed by atoms with Gasteiger partial charge in [0.1, 0.15) is 6.33 Å². The summed E-state index contributed by atoms with van der Waals surface area (Å²) in [6.45, 7) is 0. The maximum atomic E-state index is 11.2. The highest BCUT2D eigenvalue weighted by Gasteiger charge is 2.24. The zero-order chi connectivity index (χ0) is 9.26. The number of amides is 1. The summed E-state index contributed by atoms with van der Waals surface area (Å²) in [5.74, 6) is 0.383. The number of aromatic nitrogens is 3. The average Bonchev–Trinajstić information content (AvgIpc) is 2.79. The van der Waals surface area contributed by atoms with E-state index in [4.69, 9.17) is 0 Å². The van der Waals surface area contributed by atoms with Gasteiger partial charge in [0.25, 0.3) is 0 Å². The molecule has 0 spiro atoms. The van der Waals surface area contributed by atoms with Crippen LogP contribution in [0.4, 0.5) is 0 Å². The van der Waals surface area contributed by atoms with Crippen LogP contribution in [0.1, 0.15) is 19.3 Å². The molecule has 1 aromatic heterocycles. The quantitative estimate of drug-likeness (QED) is 0.657. The Morgan fingerprint density at radius 3 is 3.08 bits per heavy atom. The van der Waals surface area contributed by atoms with Crippen LogP contribution < -0.4 is 11.1 Å². The van der Waals surface area contributed by atoms with E-state index in [1.165, 1.54) is 6.33 Å². The van der Waals surface area contributed by atoms with E-state index in [0.29, 0.717) is 12.3 Å². The number of carbonyl (C=O) groups excluding carboxylic acids is 1. The Kier molecular flexibility index (Phi) is 1.88. The first-order valence-electron chi connectivity index (χ1n) is 4.17. The summed E-state index contributed by atoms with van der Waals surface area (Å²) < 4.78 is 1.05. The highest BCUT2D eigenvalue weighted by molar-refractivity contribution is 5.83. The molecule has 1 amide bonds. The molecule has 1 fully saturated rings. The van der Waals surface area contributed by atoms with E-state index in [0.717, 1.165) is 17.5 Å². The second kappa shape index (κ2) is 3.04.